The zero-order valence-electron chi connectivity index (χ0n) is 7.20. The lowest BCUT2D eigenvalue weighted by molar-refractivity contribution is 0.00315. The summed E-state index contributed by atoms with van der Waals surface area (Å²) >= 11 is 9.11. The molecule has 0 heterocycles. The first kappa shape index (κ1) is 11.7. The quantitative estimate of drug-likeness (QED) is 0.514. The van der Waals surface area contributed by atoms with Gasteiger partial charge in [0.2, 0.25) is 0 Å². The Morgan fingerprint density at radius 3 is 2.55 bits per heavy atom. The van der Waals surface area contributed by atoms with E-state index < -0.39 is 0 Å². The molecule has 1 atom stereocenters. The predicted molar refractivity (Wildman–Crippen MR) is 53.8 cm³/mol. The van der Waals surface area contributed by atoms with Gasteiger partial charge in [-0.2, -0.15) is 0 Å². The summed E-state index contributed by atoms with van der Waals surface area (Å²) in [5.74, 6) is 0.544. The first-order valence-corrected chi connectivity index (χ1v) is 5.60. The van der Waals surface area contributed by atoms with E-state index in [1.54, 1.807) is 0 Å². The van der Waals surface area contributed by atoms with E-state index in [4.69, 9.17) is 16.3 Å². The summed E-state index contributed by atoms with van der Waals surface area (Å²) in [6.45, 7) is 4.98. The highest BCUT2D eigenvalue weighted by Gasteiger charge is 2.21. The number of ether oxygens (including phenoxy) is 1. The first-order valence-electron chi connectivity index (χ1n) is 3.94. The van der Waals surface area contributed by atoms with Crippen LogP contribution in [0.25, 0.3) is 0 Å². The lowest BCUT2D eigenvalue weighted by atomic mass is 10.2. The largest absolute Gasteiger partial charge is 0.373 e. The van der Waals surface area contributed by atoms with E-state index in [9.17, 15) is 0 Å². The molecule has 0 bridgehead atoms. The molecule has 1 unspecified atom stereocenters. The molecule has 11 heavy (non-hydrogen) atoms. The molecule has 68 valence electrons. The van der Waals surface area contributed by atoms with Gasteiger partial charge in [-0.25, -0.2) is 0 Å². The molecule has 0 amide bonds. The first-order chi connectivity index (χ1) is 5.18. The normalized spacial score (nSPS) is 16.4. The zero-order valence-corrected chi connectivity index (χ0v) is 9.54. The summed E-state index contributed by atoms with van der Waals surface area (Å²) in [5, 5.41) is 0.799. The van der Waals surface area contributed by atoms with E-state index in [-0.39, 0.29) is 5.60 Å². The fraction of sp³-hybridized carbons (Fsp3) is 1.00. The van der Waals surface area contributed by atoms with Crippen LogP contribution in [0.1, 0.15) is 26.7 Å². The van der Waals surface area contributed by atoms with Crippen molar-refractivity contribution < 1.29 is 4.74 Å². The van der Waals surface area contributed by atoms with Gasteiger partial charge in [0.1, 0.15) is 0 Å². The SMILES string of the molecule is CCCCOC(C)(CCl)CBr. The molecule has 0 saturated heterocycles. The van der Waals surface area contributed by atoms with Crippen molar-refractivity contribution in [1.82, 2.24) is 0 Å². The second-order valence-electron chi connectivity index (χ2n) is 2.92. The summed E-state index contributed by atoms with van der Waals surface area (Å²) in [7, 11) is 0. The Morgan fingerprint density at radius 2 is 2.18 bits per heavy atom. The molecular weight excluding hydrogens is 227 g/mol. The third-order valence-electron chi connectivity index (χ3n) is 1.51. The van der Waals surface area contributed by atoms with Crippen LogP contribution < -0.4 is 0 Å². The van der Waals surface area contributed by atoms with E-state index in [2.05, 4.69) is 22.9 Å². The number of halogens is 2. The molecule has 1 nitrogen and oxygen atoms in total. The van der Waals surface area contributed by atoms with Crippen molar-refractivity contribution in [3.8, 4) is 0 Å². The van der Waals surface area contributed by atoms with Crippen LogP contribution in [0.4, 0.5) is 0 Å². The lowest BCUT2D eigenvalue weighted by Gasteiger charge is -2.24. The van der Waals surface area contributed by atoms with Crippen LogP contribution in [-0.4, -0.2) is 23.4 Å². The van der Waals surface area contributed by atoms with Crippen molar-refractivity contribution in [2.75, 3.05) is 17.8 Å². The Labute approximate surface area is 82.6 Å². The molecule has 0 aromatic carbocycles. The second-order valence-corrected chi connectivity index (χ2v) is 3.75. The summed E-state index contributed by atoms with van der Waals surface area (Å²) in [6.07, 6.45) is 2.28. The standard InChI is InChI=1S/C8H16BrClO/c1-3-4-5-11-8(2,6-9)7-10/h3-7H2,1-2H3. The van der Waals surface area contributed by atoms with Crippen molar-refractivity contribution in [3.63, 3.8) is 0 Å². The number of rotatable bonds is 6. The van der Waals surface area contributed by atoms with Crippen molar-refractivity contribution >= 4 is 27.5 Å². The second kappa shape index (κ2) is 6.27. The highest BCUT2D eigenvalue weighted by molar-refractivity contribution is 9.09. The fourth-order valence-corrected chi connectivity index (χ4v) is 1.34. The minimum Gasteiger partial charge on any atom is -0.373 e. The summed E-state index contributed by atoms with van der Waals surface area (Å²) < 4.78 is 5.59. The Bertz CT molecular complexity index is 94.1. The topological polar surface area (TPSA) is 9.23 Å². The van der Waals surface area contributed by atoms with E-state index in [0.29, 0.717) is 5.88 Å². The minimum absolute atomic E-state index is 0.184. The van der Waals surface area contributed by atoms with Crippen molar-refractivity contribution in [1.29, 1.82) is 0 Å². The predicted octanol–water partition coefficient (Wildman–Crippen LogP) is 3.20. The lowest BCUT2D eigenvalue weighted by Crippen LogP contribution is -2.33. The number of unbranched alkanes of at least 4 members (excludes halogenated alkanes) is 1. The average Bonchev–Trinajstić information content (AvgIpc) is 2.05. The Kier molecular flexibility index (Phi) is 6.68. The molecule has 0 aliphatic carbocycles. The van der Waals surface area contributed by atoms with Gasteiger partial charge in [0.05, 0.1) is 11.5 Å². The number of hydrogen-bond acceptors (Lipinski definition) is 1. The van der Waals surface area contributed by atoms with Crippen LogP contribution in [0, 0.1) is 0 Å². The highest BCUT2D eigenvalue weighted by Crippen LogP contribution is 2.16. The van der Waals surface area contributed by atoms with Gasteiger partial charge in [0.25, 0.3) is 0 Å². The molecule has 0 saturated carbocycles. The fourth-order valence-electron chi connectivity index (χ4n) is 0.576. The monoisotopic (exact) mass is 242 g/mol. The van der Waals surface area contributed by atoms with Crippen LogP contribution in [0.3, 0.4) is 0 Å². The van der Waals surface area contributed by atoms with E-state index in [0.717, 1.165) is 18.4 Å². The van der Waals surface area contributed by atoms with Crippen LogP contribution >= 0.6 is 27.5 Å². The van der Waals surface area contributed by atoms with Crippen LogP contribution in [0.15, 0.2) is 0 Å². The Hall–Kier alpha value is 0.730. The molecular formula is C8H16BrClO. The Balaban J connectivity index is 3.51. The highest BCUT2D eigenvalue weighted by atomic mass is 79.9. The maximum Gasteiger partial charge on any atom is 0.0885 e. The van der Waals surface area contributed by atoms with Crippen LogP contribution in [0.5, 0.6) is 0 Å². The molecule has 0 aliphatic rings. The third kappa shape index (κ3) is 5.05. The molecule has 0 aliphatic heterocycles. The number of hydrogen-bond donors (Lipinski definition) is 0. The number of alkyl halides is 2. The molecule has 0 aromatic rings. The Morgan fingerprint density at radius 1 is 1.55 bits per heavy atom. The molecule has 0 fully saturated rings. The zero-order chi connectivity index (χ0) is 8.74. The van der Waals surface area contributed by atoms with E-state index >= 15 is 0 Å². The van der Waals surface area contributed by atoms with Crippen LogP contribution in [-0.2, 0) is 4.74 Å². The van der Waals surface area contributed by atoms with Gasteiger partial charge >= 0.3 is 0 Å². The van der Waals surface area contributed by atoms with Gasteiger partial charge < -0.3 is 4.74 Å². The van der Waals surface area contributed by atoms with E-state index in [1.165, 1.54) is 6.42 Å². The summed E-state index contributed by atoms with van der Waals surface area (Å²) in [5.41, 5.74) is -0.184. The minimum atomic E-state index is -0.184. The van der Waals surface area contributed by atoms with Crippen LogP contribution in [0.2, 0.25) is 0 Å². The van der Waals surface area contributed by atoms with E-state index in [1.807, 2.05) is 6.92 Å². The van der Waals surface area contributed by atoms with Gasteiger partial charge in [0.15, 0.2) is 0 Å². The molecule has 0 aromatic heterocycles. The van der Waals surface area contributed by atoms with Gasteiger partial charge in [-0.05, 0) is 13.3 Å². The third-order valence-corrected chi connectivity index (χ3v) is 3.27. The van der Waals surface area contributed by atoms with Crippen molar-refractivity contribution in [2.45, 2.75) is 32.3 Å². The van der Waals surface area contributed by atoms with Gasteiger partial charge in [-0.15, -0.1) is 11.6 Å². The molecule has 0 rings (SSSR count). The summed E-state index contributed by atoms with van der Waals surface area (Å²) in [6, 6.07) is 0. The van der Waals surface area contributed by atoms with Gasteiger partial charge in [-0.1, -0.05) is 29.3 Å². The van der Waals surface area contributed by atoms with Gasteiger partial charge in [-0.3, -0.25) is 0 Å². The maximum absolute atomic E-state index is 5.73. The maximum atomic E-state index is 5.73. The average molecular weight is 244 g/mol. The summed E-state index contributed by atoms with van der Waals surface area (Å²) in [4.78, 5) is 0. The van der Waals surface area contributed by atoms with Crippen molar-refractivity contribution in [2.24, 2.45) is 0 Å². The molecule has 0 spiro atoms. The molecule has 0 N–H and O–H groups in total. The van der Waals surface area contributed by atoms with Crippen molar-refractivity contribution in [3.05, 3.63) is 0 Å². The van der Waals surface area contributed by atoms with Gasteiger partial charge in [0, 0.05) is 11.9 Å². The smallest absolute Gasteiger partial charge is 0.0885 e. The molecule has 0 radical (unpaired) electrons. The molecule has 3 heteroatoms.